The van der Waals surface area contributed by atoms with E-state index in [0.29, 0.717) is 28.2 Å². The third kappa shape index (κ3) is 4.95. The van der Waals surface area contributed by atoms with Crippen LogP contribution in [-0.4, -0.2) is 20.0 Å². The van der Waals surface area contributed by atoms with Gasteiger partial charge in [0, 0.05) is 24.0 Å². The molecule has 0 spiro atoms. The summed E-state index contributed by atoms with van der Waals surface area (Å²) in [6.07, 6.45) is 20.3. The molecule has 3 aromatic rings. The van der Waals surface area contributed by atoms with E-state index in [1.54, 1.807) is 5.56 Å². The second-order valence-electron chi connectivity index (χ2n) is 15.6. The van der Waals surface area contributed by atoms with Gasteiger partial charge in [-0.3, -0.25) is 4.98 Å². The predicted octanol–water partition coefficient (Wildman–Crippen LogP) is 9.25. The lowest BCUT2D eigenvalue weighted by Gasteiger charge is -2.61. The van der Waals surface area contributed by atoms with Crippen molar-refractivity contribution in [1.82, 2.24) is 20.0 Å². The quantitative estimate of drug-likeness (QED) is 0.334. The molecule has 4 aliphatic rings. The predicted molar refractivity (Wildman–Crippen MR) is 160 cm³/mol. The molecule has 0 amide bonds. The van der Waals surface area contributed by atoms with Gasteiger partial charge in [-0.15, -0.1) is 5.10 Å². The smallest absolute Gasteiger partial charge is 0.0693 e. The van der Waals surface area contributed by atoms with Crippen LogP contribution in [-0.2, 0) is 0 Å². The Morgan fingerprint density at radius 3 is 2.36 bits per heavy atom. The van der Waals surface area contributed by atoms with E-state index in [0.717, 1.165) is 23.7 Å². The van der Waals surface area contributed by atoms with Crippen molar-refractivity contribution < 1.29 is 0 Å². The molecule has 2 heterocycles. The number of hydrogen-bond acceptors (Lipinski definition) is 3. The summed E-state index contributed by atoms with van der Waals surface area (Å²) >= 11 is 0. The average molecular weight is 527 g/mol. The molecule has 0 bridgehead atoms. The fourth-order valence-electron chi connectivity index (χ4n) is 9.76. The van der Waals surface area contributed by atoms with Crippen molar-refractivity contribution in [3.8, 4) is 0 Å². The molecule has 8 atom stereocenters. The van der Waals surface area contributed by atoms with E-state index >= 15 is 0 Å². The number of aromatic nitrogens is 4. The average Bonchev–Trinajstić information content (AvgIpc) is 3.55. The minimum absolute atomic E-state index is 0.457. The molecule has 2 aromatic heterocycles. The lowest BCUT2D eigenvalue weighted by Crippen LogP contribution is -2.53. The molecule has 0 unspecified atom stereocenters. The van der Waals surface area contributed by atoms with Gasteiger partial charge < -0.3 is 0 Å². The molecule has 39 heavy (non-hydrogen) atoms. The standard InChI is InChI=1S/C30H38N4.C5H12/c1-29-12-9-24(34-16-15-32-33-34)18-23(29)5-6-25-27-8-7-26(30(27,2)13-10-28(25)29)21-4-3-20-11-14-31-19-22(20)17-21;1-5(2,3)4/h3-4,11,14-17,19,23-28H,5-10,12-13,18H2,1-2H3;1-4H3/t23-,24-,25-,26+,27-,28-,29-,30+;/m0./s1. The summed E-state index contributed by atoms with van der Waals surface area (Å²) in [5.74, 6) is 4.30. The van der Waals surface area contributed by atoms with Gasteiger partial charge in [-0.25, -0.2) is 4.68 Å². The van der Waals surface area contributed by atoms with Crippen molar-refractivity contribution in [2.75, 3.05) is 0 Å². The fourth-order valence-corrected chi connectivity index (χ4v) is 9.76. The van der Waals surface area contributed by atoms with Gasteiger partial charge in [0.25, 0.3) is 0 Å². The molecule has 7 rings (SSSR count). The first-order valence-electron chi connectivity index (χ1n) is 15.8. The first-order valence-corrected chi connectivity index (χ1v) is 15.8. The second-order valence-corrected chi connectivity index (χ2v) is 15.6. The van der Waals surface area contributed by atoms with Crippen molar-refractivity contribution in [1.29, 1.82) is 0 Å². The first kappa shape index (κ1) is 27.0. The summed E-state index contributed by atoms with van der Waals surface area (Å²) in [7, 11) is 0. The van der Waals surface area contributed by atoms with Crippen molar-refractivity contribution in [2.24, 2.45) is 39.9 Å². The number of rotatable bonds is 2. The molecule has 4 nitrogen and oxygen atoms in total. The van der Waals surface area contributed by atoms with Crippen LogP contribution in [0.2, 0.25) is 0 Å². The van der Waals surface area contributed by atoms with Crippen LogP contribution in [0.3, 0.4) is 0 Å². The molecule has 4 heteroatoms. The summed E-state index contributed by atoms with van der Waals surface area (Å²) in [5.41, 5.74) is 3.05. The third-order valence-electron chi connectivity index (χ3n) is 11.5. The number of hydrogen-bond donors (Lipinski definition) is 0. The van der Waals surface area contributed by atoms with Crippen LogP contribution in [0.4, 0.5) is 0 Å². The Balaban J connectivity index is 0.000000510. The fraction of sp³-hybridized carbons (Fsp3) is 0.686. The first-order chi connectivity index (χ1) is 18.6. The van der Waals surface area contributed by atoms with Crippen LogP contribution in [0.25, 0.3) is 10.8 Å². The number of benzene rings is 1. The summed E-state index contributed by atoms with van der Waals surface area (Å²) in [6, 6.07) is 9.91. The highest BCUT2D eigenvalue weighted by Gasteiger charge is 2.60. The zero-order valence-electron chi connectivity index (χ0n) is 25.2. The Hall–Kier alpha value is -2.23. The van der Waals surface area contributed by atoms with Gasteiger partial charge in [0.15, 0.2) is 0 Å². The van der Waals surface area contributed by atoms with Gasteiger partial charge in [-0.2, -0.15) is 0 Å². The number of nitrogens with zero attached hydrogens (tertiary/aromatic N) is 4. The minimum atomic E-state index is 0.457. The monoisotopic (exact) mass is 526 g/mol. The normalized spacial score (nSPS) is 37.8. The van der Waals surface area contributed by atoms with Crippen LogP contribution in [0.5, 0.6) is 0 Å². The van der Waals surface area contributed by atoms with Gasteiger partial charge in [0.2, 0.25) is 0 Å². The second kappa shape index (κ2) is 10.00. The summed E-state index contributed by atoms with van der Waals surface area (Å²) in [5, 5.41) is 11.1. The Labute approximate surface area is 236 Å². The lowest BCUT2D eigenvalue weighted by molar-refractivity contribution is -0.113. The van der Waals surface area contributed by atoms with Gasteiger partial charge >= 0.3 is 0 Å². The molecule has 4 fully saturated rings. The highest BCUT2D eigenvalue weighted by molar-refractivity contribution is 5.82. The zero-order valence-corrected chi connectivity index (χ0v) is 25.2. The number of pyridine rings is 1. The van der Waals surface area contributed by atoms with Crippen LogP contribution in [0.15, 0.2) is 49.1 Å². The Morgan fingerprint density at radius 1 is 0.821 bits per heavy atom. The molecular weight excluding hydrogens is 476 g/mol. The molecule has 4 saturated carbocycles. The zero-order chi connectivity index (χ0) is 27.4. The van der Waals surface area contributed by atoms with Gasteiger partial charge in [-0.1, -0.05) is 58.9 Å². The van der Waals surface area contributed by atoms with Crippen molar-refractivity contribution in [3.63, 3.8) is 0 Å². The summed E-state index contributed by atoms with van der Waals surface area (Å²) in [4.78, 5) is 4.39. The van der Waals surface area contributed by atoms with Crippen LogP contribution >= 0.6 is 0 Å². The summed E-state index contributed by atoms with van der Waals surface area (Å²) < 4.78 is 2.14. The van der Waals surface area contributed by atoms with Crippen LogP contribution < -0.4 is 0 Å². The Morgan fingerprint density at radius 2 is 1.59 bits per heavy atom. The SMILES string of the molecule is CC(C)(C)C.C[C@]12CC[C@H](n3ccnn3)C[C@@H]1CC[C@@H]1[C@@H]2CC[C@]2(C)[C@@H](c3ccc4ccncc4c3)CC[C@@H]12. The maximum Gasteiger partial charge on any atom is 0.0693 e. The minimum Gasteiger partial charge on any atom is -0.264 e. The van der Waals surface area contributed by atoms with Gasteiger partial charge in [-0.05, 0) is 127 Å². The van der Waals surface area contributed by atoms with Gasteiger partial charge in [0.05, 0.1) is 12.2 Å². The van der Waals surface area contributed by atoms with E-state index in [9.17, 15) is 0 Å². The van der Waals surface area contributed by atoms with Crippen LogP contribution in [0.1, 0.15) is 117 Å². The molecule has 1 aromatic carbocycles. The number of fused-ring (bicyclic) bond motifs is 6. The molecule has 4 aliphatic carbocycles. The highest BCUT2D eigenvalue weighted by atomic mass is 15.4. The molecule has 0 radical (unpaired) electrons. The third-order valence-corrected chi connectivity index (χ3v) is 11.5. The van der Waals surface area contributed by atoms with E-state index in [1.165, 1.54) is 68.6 Å². The Kier molecular flexibility index (Phi) is 6.91. The van der Waals surface area contributed by atoms with E-state index < -0.39 is 0 Å². The maximum absolute atomic E-state index is 4.39. The van der Waals surface area contributed by atoms with E-state index in [-0.39, 0.29) is 0 Å². The van der Waals surface area contributed by atoms with Crippen LogP contribution in [0, 0.1) is 39.9 Å². The molecule has 0 aliphatic heterocycles. The lowest BCUT2D eigenvalue weighted by atomic mass is 9.44. The van der Waals surface area contributed by atoms with Crippen molar-refractivity contribution >= 4 is 10.8 Å². The van der Waals surface area contributed by atoms with E-state index in [1.807, 2.05) is 18.6 Å². The summed E-state index contributed by atoms with van der Waals surface area (Å²) in [6.45, 7) is 14.1. The Bertz CT molecular complexity index is 1270. The molecule has 0 saturated heterocycles. The molecule has 0 N–H and O–H groups in total. The highest BCUT2D eigenvalue weighted by Crippen LogP contribution is 2.69. The van der Waals surface area contributed by atoms with Gasteiger partial charge in [0.1, 0.15) is 0 Å². The van der Waals surface area contributed by atoms with E-state index in [2.05, 4.69) is 92.0 Å². The maximum atomic E-state index is 4.39. The molecule has 210 valence electrons. The molecular formula is C35H50N4. The largest absolute Gasteiger partial charge is 0.264 e. The topological polar surface area (TPSA) is 43.6 Å². The van der Waals surface area contributed by atoms with Crippen molar-refractivity contribution in [3.05, 3.63) is 54.6 Å². The van der Waals surface area contributed by atoms with Crippen molar-refractivity contribution in [2.45, 2.75) is 111 Å². The van der Waals surface area contributed by atoms with E-state index in [4.69, 9.17) is 0 Å².